The van der Waals surface area contributed by atoms with Crippen molar-refractivity contribution in [2.24, 2.45) is 5.92 Å². The van der Waals surface area contributed by atoms with E-state index in [0.29, 0.717) is 18.7 Å². The Hall–Kier alpha value is -1.87. The minimum absolute atomic E-state index is 0.0868. The molecular weight excluding hydrogens is 414 g/mol. The van der Waals surface area contributed by atoms with Crippen LogP contribution in [0.2, 0.25) is 18.1 Å². The third-order valence-electron chi connectivity index (χ3n) is 6.92. The van der Waals surface area contributed by atoms with Gasteiger partial charge in [0.15, 0.2) is 8.32 Å². The average molecular weight is 456 g/mol. The van der Waals surface area contributed by atoms with Crippen LogP contribution in [0.25, 0.3) is 0 Å². The highest BCUT2D eigenvalue weighted by molar-refractivity contribution is 6.74. The quantitative estimate of drug-likeness (QED) is 0.393. The van der Waals surface area contributed by atoms with Gasteiger partial charge in [-0.2, -0.15) is 0 Å². The van der Waals surface area contributed by atoms with E-state index in [4.69, 9.17) is 4.43 Å². The van der Waals surface area contributed by atoms with Crippen LogP contribution in [-0.4, -0.2) is 38.6 Å². The first-order valence-corrected chi connectivity index (χ1v) is 14.7. The van der Waals surface area contributed by atoms with Crippen molar-refractivity contribution in [3.63, 3.8) is 0 Å². The number of unbranched alkanes of at least 4 members (excludes halogenated alkanes) is 1. The highest BCUT2D eigenvalue weighted by atomic mass is 28.4. The summed E-state index contributed by atoms with van der Waals surface area (Å²) in [4.78, 5) is 15.2. The van der Waals surface area contributed by atoms with Crippen LogP contribution in [0.4, 0.5) is 5.69 Å². The van der Waals surface area contributed by atoms with Crippen LogP contribution in [0.3, 0.4) is 0 Å². The predicted molar refractivity (Wildman–Crippen MR) is 136 cm³/mol. The van der Waals surface area contributed by atoms with E-state index in [1.807, 2.05) is 23.1 Å². The molecule has 176 valence electrons. The van der Waals surface area contributed by atoms with Gasteiger partial charge in [0.1, 0.15) is 0 Å². The number of hydrogen-bond acceptors (Lipinski definition) is 3. The van der Waals surface area contributed by atoms with E-state index in [1.165, 1.54) is 5.56 Å². The zero-order chi connectivity index (χ0) is 24.1. The molecule has 0 saturated heterocycles. The Balaban J connectivity index is 2.10. The summed E-state index contributed by atoms with van der Waals surface area (Å²) in [5.74, 6) is 5.46. The van der Waals surface area contributed by atoms with Gasteiger partial charge in [-0.05, 0) is 42.6 Å². The largest absolute Gasteiger partial charge is 0.417 e. The van der Waals surface area contributed by atoms with Gasteiger partial charge in [-0.25, -0.2) is 0 Å². The Labute approximate surface area is 196 Å². The second-order valence-electron chi connectivity index (χ2n) is 10.4. The van der Waals surface area contributed by atoms with Gasteiger partial charge in [0.2, 0.25) is 5.91 Å². The van der Waals surface area contributed by atoms with Crippen LogP contribution in [0.15, 0.2) is 36.4 Å². The molecule has 1 aliphatic heterocycles. The Morgan fingerprint density at radius 2 is 2.00 bits per heavy atom. The number of carbonyl (C=O) groups excluding carboxylic acids is 1. The Morgan fingerprint density at radius 3 is 2.62 bits per heavy atom. The van der Waals surface area contributed by atoms with Crippen molar-refractivity contribution < 1.29 is 14.3 Å². The van der Waals surface area contributed by atoms with E-state index in [1.54, 1.807) is 6.92 Å². The monoisotopic (exact) mass is 455 g/mol. The van der Waals surface area contributed by atoms with Gasteiger partial charge in [-0.1, -0.05) is 71.2 Å². The van der Waals surface area contributed by atoms with Crippen LogP contribution >= 0.6 is 0 Å². The molecule has 32 heavy (non-hydrogen) atoms. The maximum atomic E-state index is 13.3. The molecule has 1 aromatic carbocycles. The third-order valence-corrected chi connectivity index (χ3v) is 11.5. The first-order chi connectivity index (χ1) is 14.9. The summed E-state index contributed by atoms with van der Waals surface area (Å²) in [6, 6.07) is 8.09. The highest BCUT2D eigenvalue weighted by Crippen LogP contribution is 2.40. The average Bonchev–Trinajstić information content (AvgIpc) is 3.10. The maximum Gasteiger partial charge on any atom is 0.232 e. The van der Waals surface area contributed by atoms with Crippen molar-refractivity contribution in [2.75, 3.05) is 18.1 Å². The standard InChI is InChI=1S/C27H41NO3Si/c1-9-10-11-14-20(2)25(29)21(3)26(30)28-19-22(23-15-12-13-16-24(23)28)17-18-31-32(7,8)27(4,5)6/h12-13,15-16,21-22,25,29H,2,9-10,17-19H2,1,3-8H3/t21-,22?,25+/m0/s1. The van der Waals surface area contributed by atoms with Crippen molar-refractivity contribution >= 4 is 19.9 Å². The van der Waals surface area contributed by atoms with Crippen LogP contribution in [0, 0.1) is 17.8 Å². The number of rotatable bonds is 8. The molecule has 1 N–H and O–H groups in total. The lowest BCUT2D eigenvalue weighted by molar-refractivity contribution is -0.124. The molecule has 1 aliphatic rings. The second kappa shape index (κ2) is 10.8. The summed E-state index contributed by atoms with van der Waals surface area (Å²) in [5.41, 5.74) is 2.53. The second-order valence-corrected chi connectivity index (χ2v) is 15.2. The Bertz CT molecular complexity index is 875. The SMILES string of the molecule is C=C(C#CCCC)[C@@H](O)[C@H](C)C(=O)N1CC(CCO[Si](C)(C)C(C)(C)C)c2ccccc21. The first kappa shape index (κ1) is 26.4. The van der Waals surface area contributed by atoms with E-state index in [-0.39, 0.29) is 16.9 Å². The lowest BCUT2D eigenvalue weighted by Gasteiger charge is -2.36. The van der Waals surface area contributed by atoms with Gasteiger partial charge >= 0.3 is 0 Å². The maximum absolute atomic E-state index is 13.3. The molecule has 0 saturated carbocycles. The summed E-state index contributed by atoms with van der Waals surface area (Å²) in [6.07, 6.45) is 1.61. The van der Waals surface area contributed by atoms with Gasteiger partial charge in [0, 0.05) is 36.8 Å². The van der Waals surface area contributed by atoms with Crippen molar-refractivity contribution in [3.8, 4) is 11.8 Å². The number of carbonyl (C=O) groups is 1. The molecule has 0 radical (unpaired) electrons. The van der Waals surface area contributed by atoms with Crippen molar-refractivity contribution in [1.82, 2.24) is 0 Å². The van der Waals surface area contributed by atoms with E-state index in [0.717, 1.165) is 24.9 Å². The summed E-state index contributed by atoms with van der Waals surface area (Å²) in [7, 11) is -1.80. The fraction of sp³-hybridized carbons (Fsp3) is 0.593. The number of benzene rings is 1. The number of amides is 1. The summed E-state index contributed by atoms with van der Waals surface area (Å²) < 4.78 is 6.40. The normalized spacial score (nSPS) is 17.9. The fourth-order valence-corrected chi connectivity index (χ4v) is 4.74. The molecule has 0 aliphatic carbocycles. The minimum Gasteiger partial charge on any atom is -0.417 e. The van der Waals surface area contributed by atoms with Gasteiger partial charge in [0.05, 0.1) is 12.0 Å². The van der Waals surface area contributed by atoms with Gasteiger partial charge in [-0.3, -0.25) is 4.79 Å². The molecule has 2 rings (SSSR count). The van der Waals surface area contributed by atoms with E-state index in [9.17, 15) is 9.90 Å². The topological polar surface area (TPSA) is 49.8 Å². The van der Waals surface area contributed by atoms with Crippen LogP contribution < -0.4 is 4.90 Å². The zero-order valence-corrected chi connectivity index (χ0v) is 22.0. The lowest BCUT2D eigenvalue weighted by atomic mass is 9.97. The molecule has 0 aromatic heterocycles. The fourth-order valence-electron chi connectivity index (χ4n) is 3.68. The number of aliphatic hydroxyl groups excluding tert-OH is 1. The molecule has 0 spiro atoms. The van der Waals surface area contributed by atoms with Crippen LogP contribution in [-0.2, 0) is 9.22 Å². The minimum atomic E-state index is -1.80. The number of anilines is 1. The molecule has 1 unspecified atom stereocenters. The zero-order valence-electron chi connectivity index (χ0n) is 21.0. The summed E-state index contributed by atoms with van der Waals surface area (Å²) in [5, 5.41) is 10.8. The molecule has 4 nitrogen and oxygen atoms in total. The molecule has 0 fully saturated rings. The van der Waals surface area contributed by atoms with E-state index < -0.39 is 20.3 Å². The number of fused-ring (bicyclic) bond motifs is 1. The molecule has 0 bridgehead atoms. The van der Waals surface area contributed by atoms with E-state index >= 15 is 0 Å². The van der Waals surface area contributed by atoms with Crippen LogP contribution in [0.5, 0.6) is 0 Å². The Morgan fingerprint density at radius 1 is 1.34 bits per heavy atom. The summed E-state index contributed by atoms with van der Waals surface area (Å²) >= 11 is 0. The third kappa shape index (κ3) is 6.13. The number of para-hydroxylation sites is 1. The molecule has 1 amide bonds. The van der Waals surface area contributed by atoms with E-state index in [2.05, 4.69) is 65.3 Å². The van der Waals surface area contributed by atoms with Gasteiger partial charge in [0.25, 0.3) is 0 Å². The van der Waals surface area contributed by atoms with Crippen molar-refractivity contribution in [3.05, 3.63) is 42.0 Å². The number of hydrogen-bond donors (Lipinski definition) is 1. The lowest BCUT2D eigenvalue weighted by Crippen LogP contribution is -2.41. The Kier molecular flexibility index (Phi) is 8.93. The smallest absolute Gasteiger partial charge is 0.232 e. The van der Waals surface area contributed by atoms with Gasteiger partial charge < -0.3 is 14.4 Å². The number of aliphatic hydroxyl groups is 1. The van der Waals surface area contributed by atoms with Crippen molar-refractivity contribution in [2.45, 2.75) is 84.0 Å². The van der Waals surface area contributed by atoms with Crippen LogP contribution in [0.1, 0.15) is 65.4 Å². The molecule has 1 heterocycles. The predicted octanol–water partition coefficient (Wildman–Crippen LogP) is 5.89. The van der Waals surface area contributed by atoms with Crippen molar-refractivity contribution in [1.29, 1.82) is 0 Å². The highest BCUT2D eigenvalue weighted by Gasteiger charge is 2.39. The number of nitrogens with zero attached hydrogens (tertiary/aromatic N) is 1. The molecule has 1 aromatic rings. The molecule has 5 heteroatoms. The summed E-state index contributed by atoms with van der Waals surface area (Å²) in [6.45, 7) is 20.3. The molecule has 3 atom stereocenters. The van der Waals surface area contributed by atoms with Gasteiger partial charge in [-0.15, -0.1) is 0 Å². The first-order valence-electron chi connectivity index (χ1n) is 11.8. The molecular formula is C27H41NO3Si.